The fraction of sp³-hybridized carbons (Fsp3) is 0.333. The molecule has 98 valence electrons. The Bertz CT molecular complexity index is 561. The Hall–Kier alpha value is -1.60. The van der Waals surface area contributed by atoms with Gasteiger partial charge in [0.25, 0.3) is 0 Å². The third-order valence-electron chi connectivity index (χ3n) is 4.38. The summed E-state index contributed by atoms with van der Waals surface area (Å²) in [7, 11) is 2.05. The van der Waals surface area contributed by atoms with Gasteiger partial charge < -0.3 is 5.32 Å². The van der Waals surface area contributed by atoms with Gasteiger partial charge in [0, 0.05) is 5.41 Å². The predicted octanol–water partition coefficient (Wildman–Crippen LogP) is 3.52. The lowest BCUT2D eigenvalue weighted by molar-refractivity contribution is 0.641. The average Bonchev–Trinajstić information content (AvgIpc) is 3.16. The Kier molecular flexibility index (Phi) is 3.16. The van der Waals surface area contributed by atoms with Crippen molar-refractivity contribution in [3.8, 4) is 0 Å². The molecule has 0 heterocycles. The second-order valence-corrected chi connectivity index (χ2v) is 5.67. The van der Waals surface area contributed by atoms with Crippen LogP contribution in [-0.4, -0.2) is 13.6 Å². The lowest BCUT2D eigenvalue weighted by Crippen LogP contribution is -2.19. The van der Waals surface area contributed by atoms with Gasteiger partial charge in [-0.1, -0.05) is 60.2 Å². The van der Waals surface area contributed by atoms with Gasteiger partial charge >= 0.3 is 0 Å². The fourth-order valence-electron chi connectivity index (χ4n) is 3.35. The molecule has 2 unspecified atom stereocenters. The first-order valence-corrected chi connectivity index (χ1v) is 7.04. The van der Waals surface area contributed by atoms with Crippen molar-refractivity contribution in [3.63, 3.8) is 0 Å². The molecule has 0 saturated heterocycles. The van der Waals surface area contributed by atoms with Crippen LogP contribution in [0.2, 0.25) is 0 Å². The molecule has 0 radical (unpaired) electrons. The van der Waals surface area contributed by atoms with E-state index >= 15 is 0 Å². The highest BCUT2D eigenvalue weighted by Gasteiger charge is 2.55. The van der Waals surface area contributed by atoms with Gasteiger partial charge in [-0.05, 0) is 44.0 Å². The molecule has 1 saturated carbocycles. The topological polar surface area (TPSA) is 12.0 Å². The van der Waals surface area contributed by atoms with Gasteiger partial charge in [-0.2, -0.15) is 0 Å². The quantitative estimate of drug-likeness (QED) is 0.876. The summed E-state index contributed by atoms with van der Waals surface area (Å²) >= 11 is 0. The zero-order valence-electron chi connectivity index (χ0n) is 11.7. The van der Waals surface area contributed by atoms with Crippen molar-refractivity contribution in [2.24, 2.45) is 5.92 Å². The molecule has 1 N–H and O–H groups in total. The monoisotopic (exact) mass is 251 g/mol. The molecule has 3 rings (SSSR count). The second-order valence-electron chi connectivity index (χ2n) is 5.67. The molecule has 0 aliphatic heterocycles. The lowest BCUT2D eigenvalue weighted by atomic mass is 9.85. The minimum Gasteiger partial charge on any atom is -0.319 e. The minimum absolute atomic E-state index is 0.232. The Labute approximate surface area is 115 Å². The van der Waals surface area contributed by atoms with E-state index in [2.05, 4.69) is 66.8 Å². The number of hydrogen-bond donors (Lipinski definition) is 1. The van der Waals surface area contributed by atoms with Gasteiger partial charge in [-0.25, -0.2) is 0 Å². The van der Waals surface area contributed by atoms with Gasteiger partial charge in [0.2, 0.25) is 0 Å². The molecule has 1 fully saturated rings. The Morgan fingerprint density at radius 2 is 1.79 bits per heavy atom. The van der Waals surface area contributed by atoms with Crippen LogP contribution in [-0.2, 0) is 5.41 Å². The lowest BCUT2D eigenvalue weighted by Gasteiger charge is -2.19. The normalized spacial score (nSPS) is 25.3. The van der Waals surface area contributed by atoms with E-state index in [1.165, 1.54) is 23.1 Å². The van der Waals surface area contributed by atoms with E-state index in [1.54, 1.807) is 0 Å². The molecule has 1 aliphatic rings. The SMILES string of the molecule is CNCC1CC1(c1ccccc1)c1cccc(C)c1. The Morgan fingerprint density at radius 1 is 1.05 bits per heavy atom. The second kappa shape index (κ2) is 4.82. The van der Waals surface area contributed by atoms with E-state index in [1.807, 2.05) is 7.05 Å². The fourth-order valence-corrected chi connectivity index (χ4v) is 3.35. The van der Waals surface area contributed by atoms with E-state index in [9.17, 15) is 0 Å². The molecule has 0 amide bonds. The Balaban J connectivity index is 2.05. The van der Waals surface area contributed by atoms with Crippen molar-refractivity contribution >= 4 is 0 Å². The van der Waals surface area contributed by atoms with E-state index < -0.39 is 0 Å². The van der Waals surface area contributed by atoms with Crippen molar-refractivity contribution < 1.29 is 0 Å². The molecule has 1 heteroatoms. The maximum atomic E-state index is 3.34. The van der Waals surface area contributed by atoms with Gasteiger partial charge in [0.05, 0.1) is 0 Å². The summed E-state index contributed by atoms with van der Waals surface area (Å²) in [4.78, 5) is 0. The van der Waals surface area contributed by atoms with Crippen molar-refractivity contribution in [3.05, 3.63) is 71.3 Å². The molecule has 2 aromatic rings. The van der Waals surface area contributed by atoms with E-state index in [-0.39, 0.29) is 5.41 Å². The van der Waals surface area contributed by atoms with Gasteiger partial charge in [-0.15, -0.1) is 0 Å². The third-order valence-corrected chi connectivity index (χ3v) is 4.38. The number of benzene rings is 2. The van der Waals surface area contributed by atoms with E-state index in [0.29, 0.717) is 5.92 Å². The molecule has 0 spiro atoms. The highest BCUT2D eigenvalue weighted by Crippen LogP contribution is 2.58. The van der Waals surface area contributed by atoms with Gasteiger partial charge in [0.1, 0.15) is 0 Å². The van der Waals surface area contributed by atoms with Crippen LogP contribution < -0.4 is 5.32 Å². The highest BCUT2D eigenvalue weighted by molar-refractivity contribution is 5.48. The smallest absolute Gasteiger partial charge is 0.0247 e. The first kappa shape index (κ1) is 12.4. The third kappa shape index (κ3) is 2.08. The molecule has 1 nitrogen and oxygen atoms in total. The molecule has 19 heavy (non-hydrogen) atoms. The first-order chi connectivity index (χ1) is 9.27. The molecule has 0 bridgehead atoms. The van der Waals surface area contributed by atoms with Crippen molar-refractivity contribution in [1.82, 2.24) is 5.32 Å². The van der Waals surface area contributed by atoms with Crippen LogP contribution in [0.15, 0.2) is 54.6 Å². The van der Waals surface area contributed by atoms with Crippen LogP contribution in [0, 0.1) is 12.8 Å². The predicted molar refractivity (Wildman–Crippen MR) is 80.4 cm³/mol. The van der Waals surface area contributed by atoms with E-state index in [4.69, 9.17) is 0 Å². The summed E-state index contributed by atoms with van der Waals surface area (Å²) in [6.07, 6.45) is 1.25. The van der Waals surface area contributed by atoms with Crippen LogP contribution in [0.5, 0.6) is 0 Å². The highest BCUT2D eigenvalue weighted by atomic mass is 14.8. The van der Waals surface area contributed by atoms with Crippen molar-refractivity contribution in [1.29, 1.82) is 0 Å². The maximum Gasteiger partial charge on any atom is 0.0247 e. The van der Waals surface area contributed by atoms with Crippen LogP contribution in [0.1, 0.15) is 23.1 Å². The molecule has 2 aromatic carbocycles. The van der Waals surface area contributed by atoms with Gasteiger partial charge in [-0.3, -0.25) is 0 Å². The van der Waals surface area contributed by atoms with Crippen LogP contribution in [0.4, 0.5) is 0 Å². The number of hydrogen-bond acceptors (Lipinski definition) is 1. The summed E-state index contributed by atoms with van der Waals surface area (Å²) in [5.74, 6) is 0.710. The summed E-state index contributed by atoms with van der Waals surface area (Å²) in [6.45, 7) is 3.26. The summed E-state index contributed by atoms with van der Waals surface area (Å²) in [5, 5.41) is 3.34. The number of rotatable bonds is 4. The van der Waals surface area contributed by atoms with Crippen LogP contribution in [0.3, 0.4) is 0 Å². The molecule has 1 aliphatic carbocycles. The van der Waals surface area contributed by atoms with E-state index in [0.717, 1.165) is 6.54 Å². The standard InChI is InChI=1S/C18H21N/c1-14-7-6-10-16(11-14)18(12-17(18)13-19-2)15-8-4-3-5-9-15/h3-11,17,19H,12-13H2,1-2H3. The average molecular weight is 251 g/mol. The summed E-state index contributed by atoms with van der Waals surface area (Å²) in [6, 6.07) is 20.0. The molecule has 0 aromatic heterocycles. The molecular formula is C18H21N. The molecular weight excluding hydrogens is 230 g/mol. The minimum atomic E-state index is 0.232. The summed E-state index contributed by atoms with van der Waals surface area (Å²) < 4.78 is 0. The zero-order chi connectivity index (χ0) is 13.3. The zero-order valence-corrected chi connectivity index (χ0v) is 11.7. The Morgan fingerprint density at radius 3 is 2.47 bits per heavy atom. The van der Waals surface area contributed by atoms with Crippen molar-refractivity contribution in [2.75, 3.05) is 13.6 Å². The van der Waals surface area contributed by atoms with Gasteiger partial charge in [0.15, 0.2) is 0 Å². The largest absolute Gasteiger partial charge is 0.319 e. The van der Waals surface area contributed by atoms with Crippen LogP contribution in [0.25, 0.3) is 0 Å². The summed E-state index contributed by atoms with van der Waals surface area (Å²) in [5.41, 5.74) is 4.51. The number of nitrogens with one attached hydrogen (secondary N) is 1. The first-order valence-electron chi connectivity index (χ1n) is 7.04. The van der Waals surface area contributed by atoms with Crippen molar-refractivity contribution in [2.45, 2.75) is 18.8 Å². The number of aryl methyl sites for hydroxylation is 1. The maximum absolute atomic E-state index is 3.34. The molecule has 2 atom stereocenters. The van der Waals surface area contributed by atoms with Crippen LogP contribution >= 0.6 is 0 Å².